The van der Waals surface area contributed by atoms with Gasteiger partial charge in [0.05, 0.1) is 0 Å². The first-order valence-corrected chi connectivity index (χ1v) is 6.41. The van der Waals surface area contributed by atoms with Crippen molar-refractivity contribution in [2.24, 2.45) is 5.73 Å². The fourth-order valence-electron chi connectivity index (χ4n) is 2.36. The molecule has 1 fully saturated rings. The highest BCUT2D eigenvalue weighted by Gasteiger charge is 2.24. The zero-order chi connectivity index (χ0) is 12.4. The molecule has 0 bridgehead atoms. The standard InChI is InChI=1S/C13H20ClN3/c1-10-12(14)4-3-5-13(10)17-7-6-16(2)11(8-15)9-17/h3-5,11H,6-9,15H2,1-2H3. The highest BCUT2D eigenvalue weighted by molar-refractivity contribution is 6.31. The molecular weight excluding hydrogens is 234 g/mol. The minimum Gasteiger partial charge on any atom is -0.368 e. The van der Waals surface area contributed by atoms with Gasteiger partial charge in [-0.25, -0.2) is 0 Å². The van der Waals surface area contributed by atoms with E-state index in [0.717, 1.165) is 30.2 Å². The number of nitrogens with zero attached hydrogens (tertiary/aromatic N) is 2. The zero-order valence-corrected chi connectivity index (χ0v) is 11.2. The average molecular weight is 254 g/mol. The van der Waals surface area contributed by atoms with Gasteiger partial charge in [-0.05, 0) is 31.7 Å². The van der Waals surface area contributed by atoms with Crippen LogP contribution in [0.15, 0.2) is 18.2 Å². The molecular formula is C13H20ClN3. The van der Waals surface area contributed by atoms with Crippen LogP contribution in [-0.4, -0.2) is 44.2 Å². The normalized spacial score (nSPS) is 21.9. The molecule has 1 aliphatic rings. The Morgan fingerprint density at radius 1 is 1.41 bits per heavy atom. The van der Waals surface area contributed by atoms with E-state index in [1.165, 1.54) is 5.69 Å². The predicted molar refractivity (Wildman–Crippen MR) is 73.9 cm³/mol. The summed E-state index contributed by atoms with van der Waals surface area (Å²) >= 11 is 6.17. The first-order valence-electron chi connectivity index (χ1n) is 6.04. The Kier molecular flexibility index (Phi) is 3.92. The molecule has 0 spiro atoms. The van der Waals surface area contributed by atoms with Gasteiger partial charge in [0, 0.05) is 42.9 Å². The summed E-state index contributed by atoms with van der Waals surface area (Å²) in [5.41, 5.74) is 8.21. The van der Waals surface area contributed by atoms with E-state index in [1.807, 2.05) is 12.1 Å². The summed E-state index contributed by atoms with van der Waals surface area (Å²) in [6, 6.07) is 6.53. The molecule has 3 nitrogen and oxygen atoms in total. The van der Waals surface area contributed by atoms with Crippen LogP contribution in [-0.2, 0) is 0 Å². The second kappa shape index (κ2) is 5.25. The van der Waals surface area contributed by atoms with Crippen molar-refractivity contribution in [2.75, 3.05) is 38.1 Å². The molecule has 0 aromatic heterocycles. The Morgan fingerprint density at radius 2 is 2.18 bits per heavy atom. The molecule has 1 atom stereocenters. The predicted octanol–water partition coefficient (Wildman–Crippen LogP) is 1.73. The summed E-state index contributed by atoms with van der Waals surface area (Å²) in [6.07, 6.45) is 0. The van der Waals surface area contributed by atoms with Gasteiger partial charge in [-0.2, -0.15) is 0 Å². The molecule has 1 saturated heterocycles. The summed E-state index contributed by atoms with van der Waals surface area (Å²) < 4.78 is 0. The topological polar surface area (TPSA) is 32.5 Å². The number of likely N-dealkylation sites (N-methyl/N-ethyl adjacent to an activating group) is 1. The lowest BCUT2D eigenvalue weighted by molar-refractivity contribution is 0.224. The van der Waals surface area contributed by atoms with Gasteiger partial charge in [-0.3, -0.25) is 4.90 Å². The van der Waals surface area contributed by atoms with E-state index in [0.29, 0.717) is 12.6 Å². The van der Waals surface area contributed by atoms with Gasteiger partial charge in [0.25, 0.3) is 0 Å². The van der Waals surface area contributed by atoms with Gasteiger partial charge >= 0.3 is 0 Å². The van der Waals surface area contributed by atoms with Crippen molar-refractivity contribution < 1.29 is 0 Å². The van der Waals surface area contributed by atoms with Crippen LogP contribution in [0, 0.1) is 6.92 Å². The van der Waals surface area contributed by atoms with Crippen molar-refractivity contribution in [3.8, 4) is 0 Å². The fraction of sp³-hybridized carbons (Fsp3) is 0.538. The lowest BCUT2D eigenvalue weighted by Gasteiger charge is -2.40. The highest BCUT2D eigenvalue weighted by atomic mass is 35.5. The molecule has 1 aliphatic heterocycles. The van der Waals surface area contributed by atoms with Crippen molar-refractivity contribution in [3.05, 3.63) is 28.8 Å². The Morgan fingerprint density at radius 3 is 2.88 bits per heavy atom. The van der Waals surface area contributed by atoms with E-state index in [9.17, 15) is 0 Å². The van der Waals surface area contributed by atoms with Gasteiger partial charge in [0.15, 0.2) is 0 Å². The monoisotopic (exact) mass is 253 g/mol. The molecule has 2 rings (SSSR count). The first kappa shape index (κ1) is 12.7. The molecule has 1 aromatic rings. The third kappa shape index (κ3) is 2.57. The molecule has 1 aromatic carbocycles. The smallest absolute Gasteiger partial charge is 0.0455 e. The van der Waals surface area contributed by atoms with Crippen molar-refractivity contribution in [1.82, 2.24) is 4.90 Å². The quantitative estimate of drug-likeness (QED) is 0.871. The van der Waals surface area contributed by atoms with E-state index in [2.05, 4.69) is 29.8 Å². The number of halogens is 1. The third-order valence-corrected chi connectivity index (χ3v) is 4.04. The Labute approximate surface area is 108 Å². The van der Waals surface area contributed by atoms with E-state index >= 15 is 0 Å². The van der Waals surface area contributed by atoms with Crippen LogP contribution in [0.3, 0.4) is 0 Å². The Bertz CT molecular complexity index is 394. The van der Waals surface area contributed by atoms with Crippen LogP contribution < -0.4 is 10.6 Å². The zero-order valence-electron chi connectivity index (χ0n) is 10.5. The molecule has 1 heterocycles. The minimum absolute atomic E-state index is 0.433. The summed E-state index contributed by atoms with van der Waals surface area (Å²) in [4.78, 5) is 4.72. The maximum absolute atomic E-state index is 6.17. The number of rotatable bonds is 2. The number of benzene rings is 1. The molecule has 0 aliphatic carbocycles. The maximum atomic E-state index is 6.17. The number of hydrogen-bond donors (Lipinski definition) is 1. The van der Waals surface area contributed by atoms with Gasteiger partial charge in [-0.15, -0.1) is 0 Å². The van der Waals surface area contributed by atoms with Gasteiger partial charge in [0.2, 0.25) is 0 Å². The average Bonchev–Trinajstić information content (AvgIpc) is 2.34. The van der Waals surface area contributed by atoms with Crippen LogP contribution in [0.25, 0.3) is 0 Å². The second-order valence-electron chi connectivity index (χ2n) is 4.70. The van der Waals surface area contributed by atoms with Crippen LogP contribution >= 0.6 is 11.6 Å². The van der Waals surface area contributed by atoms with Crippen LogP contribution in [0.4, 0.5) is 5.69 Å². The number of nitrogens with two attached hydrogens (primary N) is 1. The van der Waals surface area contributed by atoms with Gasteiger partial charge in [0.1, 0.15) is 0 Å². The van der Waals surface area contributed by atoms with Crippen LogP contribution in [0.5, 0.6) is 0 Å². The van der Waals surface area contributed by atoms with Crippen molar-refractivity contribution >= 4 is 17.3 Å². The van der Waals surface area contributed by atoms with E-state index in [4.69, 9.17) is 17.3 Å². The molecule has 0 amide bonds. The van der Waals surface area contributed by atoms with Crippen LogP contribution in [0.2, 0.25) is 5.02 Å². The molecule has 4 heteroatoms. The highest BCUT2D eigenvalue weighted by Crippen LogP contribution is 2.27. The van der Waals surface area contributed by atoms with Gasteiger partial charge < -0.3 is 10.6 Å². The van der Waals surface area contributed by atoms with Crippen molar-refractivity contribution in [1.29, 1.82) is 0 Å². The van der Waals surface area contributed by atoms with Crippen molar-refractivity contribution in [3.63, 3.8) is 0 Å². The first-order chi connectivity index (χ1) is 8.13. The summed E-state index contributed by atoms with van der Waals surface area (Å²) in [6.45, 7) is 5.84. The molecule has 2 N–H and O–H groups in total. The van der Waals surface area contributed by atoms with Crippen molar-refractivity contribution in [2.45, 2.75) is 13.0 Å². The number of anilines is 1. The van der Waals surface area contributed by atoms with E-state index in [1.54, 1.807) is 0 Å². The molecule has 94 valence electrons. The summed E-state index contributed by atoms with van der Waals surface area (Å²) in [5, 5.41) is 0.839. The maximum Gasteiger partial charge on any atom is 0.0455 e. The van der Waals surface area contributed by atoms with Crippen LogP contribution in [0.1, 0.15) is 5.56 Å². The summed E-state index contributed by atoms with van der Waals surface area (Å²) in [5.74, 6) is 0. The molecule has 0 radical (unpaired) electrons. The SMILES string of the molecule is Cc1c(Cl)cccc1N1CCN(C)C(CN)C1. The number of hydrogen-bond acceptors (Lipinski definition) is 3. The Balaban J connectivity index is 2.20. The van der Waals surface area contributed by atoms with E-state index in [-0.39, 0.29) is 0 Å². The fourth-order valence-corrected chi connectivity index (χ4v) is 2.53. The Hall–Kier alpha value is -0.770. The second-order valence-corrected chi connectivity index (χ2v) is 5.11. The molecule has 1 unspecified atom stereocenters. The molecule has 17 heavy (non-hydrogen) atoms. The molecule has 0 saturated carbocycles. The van der Waals surface area contributed by atoms with E-state index < -0.39 is 0 Å². The lowest BCUT2D eigenvalue weighted by Crippen LogP contribution is -2.54. The summed E-state index contributed by atoms with van der Waals surface area (Å²) in [7, 11) is 2.14. The largest absolute Gasteiger partial charge is 0.368 e. The third-order valence-electron chi connectivity index (χ3n) is 3.63. The number of piperazine rings is 1. The lowest BCUT2D eigenvalue weighted by atomic mass is 10.1. The minimum atomic E-state index is 0.433. The van der Waals surface area contributed by atoms with Gasteiger partial charge in [-0.1, -0.05) is 17.7 Å².